The second kappa shape index (κ2) is 5.59. The highest BCUT2D eigenvalue weighted by Gasteiger charge is 2.04. The number of hydrogen-bond acceptors (Lipinski definition) is 3. The van der Waals surface area contributed by atoms with Gasteiger partial charge in [-0.25, -0.2) is 9.59 Å². The number of nitrogens with two attached hydrogens (primary N) is 1. The summed E-state index contributed by atoms with van der Waals surface area (Å²) >= 11 is 0. The molecule has 0 spiro atoms. The number of nitrogen functional groups attached to an aromatic ring is 1. The monoisotopic (exact) mass is 183 g/mol. The predicted octanol–water partition coefficient (Wildman–Crippen LogP) is 0.424. The molecular weight excluding hydrogens is 174 g/mol. The summed E-state index contributed by atoms with van der Waals surface area (Å²) in [4.78, 5) is 18.2. The molecule has 1 aromatic carbocycles. The Hall–Kier alpha value is -2.04. The van der Waals surface area contributed by atoms with Gasteiger partial charge in [-0.2, -0.15) is 0 Å². The SMILES string of the molecule is Nc1ccccc1.O=C(O)C(=O)O. The molecule has 0 aliphatic heterocycles. The van der Waals surface area contributed by atoms with Gasteiger partial charge < -0.3 is 15.9 Å². The molecule has 4 N–H and O–H groups in total. The smallest absolute Gasteiger partial charge is 0.414 e. The van der Waals surface area contributed by atoms with E-state index in [0.717, 1.165) is 5.69 Å². The molecule has 0 bridgehead atoms. The summed E-state index contributed by atoms with van der Waals surface area (Å²) in [5.41, 5.74) is 6.18. The largest absolute Gasteiger partial charge is 0.473 e. The maximum absolute atomic E-state index is 9.10. The topological polar surface area (TPSA) is 101 Å². The maximum atomic E-state index is 9.10. The van der Waals surface area contributed by atoms with E-state index in [1.165, 1.54) is 0 Å². The minimum absolute atomic E-state index is 0.822. The number of carboxylic acid groups (broad SMARTS) is 2. The first kappa shape index (κ1) is 11.0. The van der Waals surface area contributed by atoms with Gasteiger partial charge in [0.2, 0.25) is 0 Å². The zero-order chi connectivity index (χ0) is 10.3. The standard InChI is InChI=1S/C6H7N.C2H2O4/c7-6-4-2-1-3-5-6;3-1(4)2(5)6/h1-5H,7H2;(H,3,4)(H,5,6). The Labute approximate surface area is 74.4 Å². The number of anilines is 1. The molecule has 0 atom stereocenters. The zero-order valence-electron chi connectivity index (χ0n) is 6.68. The van der Waals surface area contributed by atoms with E-state index in [4.69, 9.17) is 25.5 Å². The van der Waals surface area contributed by atoms with Crippen LogP contribution in [0.5, 0.6) is 0 Å². The molecule has 0 fully saturated rings. The van der Waals surface area contributed by atoms with Crippen LogP contribution in [0.15, 0.2) is 30.3 Å². The molecule has 0 aromatic heterocycles. The van der Waals surface area contributed by atoms with Crippen molar-refractivity contribution in [2.75, 3.05) is 5.73 Å². The molecule has 0 aliphatic carbocycles. The minimum atomic E-state index is -1.82. The molecule has 5 heteroatoms. The lowest BCUT2D eigenvalue weighted by molar-refractivity contribution is -0.159. The molecule has 0 unspecified atom stereocenters. The van der Waals surface area contributed by atoms with E-state index in [-0.39, 0.29) is 0 Å². The van der Waals surface area contributed by atoms with Gasteiger partial charge in [0.25, 0.3) is 0 Å². The average molecular weight is 183 g/mol. The number of para-hydroxylation sites is 1. The van der Waals surface area contributed by atoms with Crippen molar-refractivity contribution in [2.24, 2.45) is 0 Å². The van der Waals surface area contributed by atoms with E-state index >= 15 is 0 Å². The molecule has 1 rings (SSSR count). The van der Waals surface area contributed by atoms with Crippen molar-refractivity contribution in [3.63, 3.8) is 0 Å². The molecular formula is C8H9NO4. The van der Waals surface area contributed by atoms with E-state index in [1.54, 1.807) is 0 Å². The number of carboxylic acids is 2. The highest BCUT2D eigenvalue weighted by molar-refractivity contribution is 6.27. The van der Waals surface area contributed by atoms with Gasteiger partial charge in [0.1, 0.15) is 0 Å². The van der Waals surface area contributed by atoms with Crippen molar-refractivity contribution >= 4 is 17.6 Å². The Bertz CT molecular complexity index is 271. The quantitative estimate of drug-likeness (QED) is 0.400. The molecule has 70 valence electrons. The Morgan fingerprint density at radius 3 is 1.54 bits per heavy atom. The van der Waals surface area contributed by atoms with E-state index in [1.807, 2.05) is 30.3 Å². The van der Waals surface area contributed by atoms with Crippen LogP contribution in [-0.4, -0.2) is 22.2 Å². The first-order chi connectivity index (χ1) is 6.04. The summed E-state index contributed by atoms with van der Waals surface area (Å²) in [7, 11) is 0. The summed E-state index contributed by atoms with van der Waals surface area (Å²) in [5, 5.41) is 14.8. The van der Waals surface area contributed by atoms with Crippen LogP contribution in [0.2, 0.25) is 0 Å². The second-order valence-corrected chi connectivity index (χ2v) is 2.02. The summed E-state index contributed by atoms with van der Waals surface area (Å²) < 4.78 is 0. The fourth-order valence-corrected chi connectivity index (χ4v) is 0.453. The highest BCUT2D eigenvalue weighted by atomic mass is 16.4. The van der Waals surface area contributed by atoms with Crippen molar-refractivity contribution in [1.29, 1.82) is 0 Å². The number of benzene rings is 1. The Kier molecular flexibility index (Phi) is 4.71. The van der Waals surface area contributed by atoms with Gasteiger partial charge in [-0.15, -0.1) is 0 Å². The van der Waals surface area contributed by atoms with E-state index in [2.05, 4.69) is 0 Å². The van der Waals surface area contributed by atoms with Gasteiger partial charge in [-0.05, 0) is 12.1 Å². The normalized spacial score (nSPS) is 8.00. The molecule has 0 amide bonds. The van der Waals surface area contributed by atoms with Crippen LogP contribution in [0, 0.1) is 0 Å². The molecule has 0 heterocycles. The van der Waals surface area contributed by atoms with Gasteiger partial charge in [0.05, 0.1) is 0 Å². The Balaban J connectivity index is 0.000000226. The lowest BCUT2D eigenvalue weighted by Crippen LogP contribution is -2.09. The van der Waals surface area contributed by atoms with Crippen LogP contribution < -0.4 is 5.73 Å². The number of hydrogen-bond donors (Lipinski definition) is 3. The summed E-state index contributed by atoms with van der Waals surface area (Å²) in [6.07, 6.45) is 0. The third-order valence-electron chi connectivity index (χ3n) is 0.983. The molecule has 1 aromatic rings. The van der Waals surface area contributed by atoms with Crippen LogP contribution in [0.4, 0.5) is 5.69 Å². The predicted molar refractivity (Wildman–Crippen MR) is 46.1 cm³/mol. The zero-order valence-corrected chi connectivity index (χ0v) is 6.68. The summed E-state index contributed by atoms with van der Waals surface area (Å²) in [5.74, 6) is -3.65. The van der Waals surface area contributed by atoms with Crippen LogP contribution >= 0.6 is 0 Å². The van der Waals surface area contributed by atoms with Gasteiger partial charge in [0.15, 0.2) is 0 Å². The molecule has 0 radical (unpaired) electrons. The fraction of sp³-hybridized carbons (Fsp3) is 0. The van der Waals surface area contributed by atoms with Gasteiger partial charge >= 0.3 is 11.9 Å². The van der Waals surface area contributed by atoms with Gasteiger partial charge in [-0.1, -0.05) is 18.2 Å². The number of rotatable bonds is 0. The van der Waals surface area contributed by atoms with Gasteiger partial charge in [-0.3, -0.25) is 0 Å². The molecule has 13 heavy (non-hydrogen) atoms. The van der Waals surface area contributed by atoms with Crippen molar-refractivity contribution in [3.05, 3.63) is 30.3 Å². The Morgan fingerprint density at radius 1 is 1.00 bits per heavy atom. The average Bonchev–Trinajstić information content (AvgIpc) is 2.06. The van der Waals surface area contributed by atoms with Crippen molar-refractivity contribution in [2.45, 2.75) is 0 Å². The van der Waals surface area contributed by atoms with Crippen molar-refractivity contribution in [3.8, 4) is 0 Å². The first-order valence-electron chi connectivity index (χ1n) is 3.30. The molecule has 5 nitrogen and oxygen atoms in total. The highest BCUT2D eigenvalue weighted by Crippen LogP contribution is 1.95. The van der Waals surface area contributed by atoms with E-state index in [9.17, 15) is 0 Å². The lowest BCUT2D eigenvalue weighted by Gasteiger charge is -1.83. The van der Waals surface area contributed by atoms with E-state index < -0.39 is 11.9 Å². The molecule has 0 aliphatic rings. The van der Waals surface area contributed by atoms with Crippen LogP contribution in [0.1, 0.15) is 0 Å². The van der Waals surface area contributed by atoms with Crippen LogP contribution in [-0.2, 0) is 9.59 Å². The van der Waals surface area contributed by atoms with Crippen molar-refractivity contribution < 1.29 is 19.8 Å². The Morgan fingerprint density at radius 2 is 1.38 bits per heavy atom. The van der Waals surface area contributed by atoms with Gasteiger partial charge in [0, 0.05) is 5.69 Å². The third-order valence-corrected chi connectivity index (χ3v) is 0.983. The third kappa shape index (κ3) is 6.36. The maximum Gasteiger partial charge on any atom is 0.414 e. The molecule has 0 saturated carbocycles. The first-order valence-corrected chi connectivity index (χ1v) is 3.30. The molecule has 0 saturated heterocycles. The lowest BCUT2D eigenvalue weighted by atomic mass is 10.3. The van der Waals surface area contributed by atoms with Crippen molar-refractivity contribution in [1.82, 2.24) is 0 Å². The number of carbonyl (C=O) groups is 2. The van der Waals surface area contributed by atoms with Crippen LogP contribution in [0.25, 0.3) is 0 Å². The summed E-state index contributed by atoms with van der Waals surface area (Å²) in [6.45, 7) is 0. The van der Waals surface area contributed by atoms with Crippen LogP contribution in [0.3, 0.4) is 0 Å². The number of aliphatic carboxylic acids is 2. The minimum Gasteiger partial charge on any atom is -0.473 e. The second-order valence-electron chi connectivity index (χ2n) is 2.02. The van der Waals surface area contributed by atoms with E-state index in [0.29, 0.717) is 0 Å². The summed E-state index contributed by atoms with van der Waals surface area (Å²) in [6, 6.07) is 9.49. The fourth-order valence-electron chi connectivity index (χ4n) is 0.453.